The van der Waals surface area contributed by atoms with E-state index in [4.69, 9.17) is 0 Å². The molecule has 0 spiro atoms. The third kappa shape index (κ3) is 2.61. The van der Waals surface area contributed by atoms with Crippen molar-refractivity contribution in [3.8, 4) is 0 Å². The molecule has 0 fully saturated rings. The fraction of sp³-hybridized carbons (Fsp3) is 0.417. The van der Waals surface area contributed by atoms with E-state index in [9.17, 15) is 4.79 Å². The van der Waals surface area contributed by atoms with Crippen molar-refractivity contribution in [2.75, 3.05) is 0 Å². The number of aryl methyl sites for hydroxylation is 2. The summed E-state index contributed by atoms with van der Waals surface area (Å²) in [7, 11) is 1.90. The molecule has 4 nitrogen and oxygen atoms in total. The summed E-state index contributed by atoms with van der Waals surface area (Å²) in [6.07, 6.45) is 2.69. The molecule has 5 heteroatoms. The van der Waals surface area contributed by atoms with Crippen molar-refractivity contribution < 1.29 is 4.79 Å². The van der Waals surface area contributed by atoms with Gasteiger partial charge in [-0.25, -0.2) is 0 Å². The maximum atomic E-state index is 11.9. The maximum absolute atomic E-state index is 11.9. The maximum Gasteiger partial charge on any atom is 0.142 e. The Balaban J connectivity index is 2.08. The Morgan fingerprint density at radius 1 is 1.41 bits per heavy atom. The standard InChI is InChI=1S/C12H15N3OS/c1-8-12(9(2)15(3)14-8)5-10(16)4-11-6-13-7-17-11/h6-7H,4-5H2,1-3H3. The van der Waals surface area contributed by atoms with Gasteiger partial charge in [0.1, 0.15) is 5.78 Å². The van der Waals surface area contributed by atoms with Gasteiger partial charge in [0.2, 0.25) is 0 Å². The van der Waals surface area contributed by atoms with Crippen LogP contribution in [0.2, 0.25) is 0 Å². The molecular formula is C12H15N3OS. The summed E-state index contributed by atoms with van der Waals surface area (Å²) >= 11 is 1.52. The van der Waals surface area contributed by atoms with Crippen molar-refractivity contribution in [3.63, 3.8) is 0 Å². The summed E-state index contributed by atoms with van der Waals surface area (Å²) in [5.41, 5.74) is 4.83. The van der Waals surface area contributed by atoms with Gasteiger partial charge in [0.25, 0.3) is 0 Å². The molecule has 0 unspecified atom stereocenters. The van der Waals surface area contributed by atoms with E-state index in [0.29, 0.717) is 12.8 Å². The van der Waals surface area contributed by atoms with E-state index < -0.39 is 0 Å². The number of thiazole rings is 1. The molecule has 0 atom stereocenters. The van der Waals surface area contributed by atoms with E-state index in [1.165, 1.54) is 11.3 Å². The zero-order valence-electron chi connectivity index (χ0n) is 10.2. The number of aromatic nitrogens is 3. The van der Waals surface area contributed by atoms with Gasteiger partial charge >= 0.3 is 0 Å². The molecule has 0 N–H and O–H groups in total. The fourth-order valence-corrected chi connectivity index (χ4v) is 2.48. The van der Waals surface area contributed by atoms with Crippen LogP contribution < -0.4 is 0 Å². The van der Waals surface area contributed by atoms with E-state index in [-0.39, 0.29) is 5.78 Å². The van der Waals surface area contributed by atoms with Gasteiger partial charge < -0.3 is 0 Å². The second kappa shape index (κ2) is 4.79. The van der Waals surface area contributed by atoms with Gasteiger partial charge in [-0.2, -0.15) is 5.10 Å². The molecule has 0 saturated carbocycles. The minimum atomic E-state index is 0.216. The highest BCUT2D eigenvalue weighted by molar-refractivity contribution is 7.09. The molecule has 90 valence electrons. The number of nitrogens with zero attached hydrogens (tertiary/aromatic N) is 3. The van der Waals surface area contributed by atoms with Crippen LogP contribution in [0, 0.1) is 13.8 Å². The van der Waals surface area contributed by atoms with Gasteiger partial charge in [-0.3, -0.25) is 14.5 Å². The highest BCUT2D eigenvalue weighted by atomic mass is 32.1. The minimum absolute atomic E-state index is 0.216. The quantitative estimate of drug-likeness (QED) is 0.830. The summed E-state index contributed by atoms with van der Waals surface area (Å²) in [5.74, 6) is 0.216. The van der Waals surface area contributed by atoms with Crippen molar-refractivity contribution in [1.82, 2.24) is 14.8 Å². The van der Waals surface area contributed by atoms with Crippen LogP contribution >= 0.6 is 11.3 Å². The molecule has 0 aliphatic carbocycles. The summed E-state index contributed by atoms with van der Waals surface area (Å²) in [6, 6.07) is 0. The first-order chi connectivity index (χ1) is 8.08. The minimum Gasteiger partial charge on any atom is -0.299 e. The Kier molecular flexibility index (Phi) is 3.38. The van der Waals surface area contributed by atoms with Crippen LogP contribution in [0.5, 0.6) is 0 Å². The van der Waals surface area contributed by atoms with Crippen LogP contribution in [0.15, 0.2) is 11.7 Å². The van der Waals surface area contributed by atoms with Gasteiger partial charge in [0, 0.05) is 42.2 Å². The van der Waals surface area contributed by atoms with E-state index >= 15 is 0 Å². The second-order valence-electron chi connectivity index (χ2n) is 4.13. The second-order valence-corrected chi connectivity index (χ2v) is 5.10. The monoisotopic (exact) mass is 249 g/mol. The van der Waals surface area contributed by atoms with Gasteiger partial charge in [-0.15, -0.1) is 11.3 Å². The van der Waals surface area contributed by atoms with Gasteiger partial charge in [-0.1, -0.05) is 0 Å². The number of ketones is 1. The lowest BCUT2D eigenvalue weighted by Crippen LogP contribution is -2.07. The summed E-state index contributed by atoms with van der Waals surface area (Å²) in [5, 5.41) is 4.32. The zero-order valence-corrected chi connectivity index (χ0v) is 11.0. The first-order valence-corrected chi connectivity index (χ1v) is 6.34. The summed E-state index contributed by atoms with van der Waals surface area (Å²) in [6.45, 7) is 3.94. The number of Topliss-reactive ketones (excluding diaryl/α,β-unsaturated/α-hetero) is 1. The molecule has 0 aromatic carbocycles. The molecular weight excluding hydrogens is 234 g/mol. The topological polar surface area (TPSA) is 47.8 Å². The van der Waals surface area contributed by atoms with Gasteiger partial charge in [0.05, 0.1) is 11.2 Å². The lowest BCUT2D eigenvalue weighted by molar-refractivity contribution is -0.117. The Morgan fingerprint density at radius 2 is 2.18 bits per heavy atom. The average Bonchev–Trinajstić information content (AvgIpc) is 2.83. The van der Waals surface area contributed by atoms with Gasteiger partial charge in [-0.05, 0) is 13.8 Å². The lowest BCUT2D eigenvalue weighted by atomic mass is 10.1. The first-order valence-electron chi connectivity index (χ1n) is 5.46. The highest BCUT2D eigenvalue weighted by Crippen LogP contribution is 2.15. The zero-order chi connectivity index (χ0) is 12.4. The third-order valence-corrected chi connectivity index (χ3v) is 3.67. The molecule has 0 bridgehead atoms. The normalized spacial score (nSPS) is 10.8. The predicted molar refractivity (Wildman–Crippen MR) is 67.2 cm³/mol. The van der Waals surface area contributed by atoms with Crippen LogP contribution in [0.4, 0.5) is 0 Å². The Bertz CT molecular complexity index is 528. The Hall–Kier alpha value is -1.49. The van der Waals surface area contributed by atoms with Crippen LogP contribution in [-0.2, 0) is 24.7 Å². The number of hydrogen-bond acceptors (Lipinski definition) is 4. The summed E-state index contributed by atoms with van der Waals surface area (Å²) < 4.78 is 1.82. The van der Waals surface area contributed by atoms with Crippen molar-refractivity contribution in [2.24, 2.45) is 7.05 Å². The molecule has 2 aromatic heterocycles. The van der Waals surface area contributed by atoms with E-state index in [2.05, 4.69) is 10.1 Å². The molecule has 0 aliphatic rings. The molecule has 17 heavy (non-hydrogen) atoms. The molecule has 2 aromatic rings. The number of carbonyl (C=O) groups excluding carboxylic acids is 1. The molecule has 2 heterocycles. The molecule has 0 saturated heterocycles. The van der Waals surface area contributed by atoms with E-state index in [1.54, 1.807) is 11.7 Å². The van der Waals surface area contributed by atoms with Crippen LogP contribution in [0.1, 0.15) is 21.8 Å². The first kappa shape index (κ1) is 12.0. The van der Waals surface area contributed by atoms with Crippen LogP contribution in [-0.4, -0.2) is 20.5 Å². The van der Waals surface area contributed by atoms with Crippen LogP contribution in [0.25, 0.3) is 0 Å². The number of carbonyl (C=O) groups is 1. The molecule has 0 radical (unpaired) electrons. The van der Waals surface area contributed by atoms with Crippen molar-refractivity contribution in [1.29, 1.82) is 0 Å². The Morgan fingerprint density at radius 3 is 2.71 bits per heavy atom. The van der Waals surface area contributed by atoms with Gasteiger partial charge in [0.15, 0.2) is 0 Å². The SMILES string of the molecule is Cc1nn(C)c(C)c1CC(=O)Cc1cncs1. The highest BCUT2D eigenvalue weighted by Gasteiger charge is 2.14. The summed E-state index contributed by atoms with van der Waals surface area (Å²) in [4.78, 5) is 16.9. The van der Waals surface area contributed by atoms with Crippen LogP contribution in [0.3, 0.4) is 0 Å². The van der Waals surface area contributed by atoms with Crippen molar-refractivity contribution >= 4 is 17.1 Å². The van der Waals surface area contributed by atoms with Crippen molar-refractivity contribution in [3.05, 3.63) is 33.5 Å². The molecule has 0 amide bonds. The predicted octanol–water partition coefficient (Wildman–Crippen LogP) is 1.85. The van der Waals surface area contributed by atoms with E-state index in [1.807, 2.05) is 25.6 Å². The largest absolute Gasteiger partial charge is 0.299 e. The smallest absolute Gasteiger partial charge is 0.142 e. The molecule has 0 aliphatic heterocycles. The average molecular weight is 249 g/mol. The molecule has 2 rings (SSSR count). The third-order valence-electron chi connectivity index (χ3n) is 2.89. The van der Waals surface area contributed by atoms with Crippen molar-refractivity contribution in [2.45, 2.75) is 26.7 Å². The number of rotatable bonds is 4. The Labute approximate surface area is 104 Å². The number of hydrogen-bond donors (Lipinski definition) is 0. The lowest BCUT2D eigenvalue weighted by Gasteiger charge is -2.00. The fourth-order valence-electron chi connectivity index (χ4n) is 1.86. The van der Waals surface area contributed by atoms with E-state index in [0.717, 1.165) is 21.8 Å².